The number of unbranched alkanes of at least 4 members (excludes halogenated alkanes) is 2. The first-order chi connectivity index (χ1) is 15.3. The Balaban J connectivity index is 1.62. The minimum atomic E-state index is -4.85. The van der Waals surface area contributed by atoms with E-state index in [1.165, 1.54) is 37.8 Å². The van der Waals surface area contributed by atoms with Crippen molar-refractivity contribution in [2.75, 3.05) is 6.61 Å². The normalized spacial score (nSPS) is 20.1. The maximum Gasteiger partial charge on any atom is 0.573 e. The van der Waals surface area contributed by atoms with Gasteiger partial charge >= 0.3 is 6.36 Å². The summed E-state index contributed by atoms with van der Waals surface area (Å²) in [7, 11) is 0. The van der Waals surface area contributed by atoms with Crippen LogP contribution in [-0.2, 0) is 4.74 Å². The number of alkyl halides is 3. The molecule has 2 unspecified atom stereocenters. The van der Waals surface area contributed by atoms with Gasteiger partial charge in [-0.15, -0.1) is 13.2 Å². The molecule has 1 saturated heterocycles. The number of hydrogen-bond donors (Lipinski definition) is 0. The van der Waals surface area contributed by atoms with Gasteiger partial charge in [-0.3, -0.25) is 0 Å². The predicted octanol–water partition coefficient (Wildman–Crippen LogP) is 8.40. The fraction of sp³-hybridized carbons (Fsp3) is 0.440. The second-order valence-corrected chi connectivity index (χ2v) is 8.08. The van der Waals surface area contributed by atoms with Gasteiger partial charge in [0.2, 0.25) is 0 Å². The summed E-state index contributed by atoms with van der Waals surface area (Å²) in [6.45, 7) is 2.90. The van der Waals surface area contributed by atoms with Crippen LogP contribution >= 0.6 is 0 Å². The molecule has 2 nitrogen and oxygen atoms in total. The quantitative estimate of drug-likeness (QED) is 0.226. The van der Waals surface area contributed by atoms with E-state index in [9.17, 15) is 22.0 Å². The molecule has 0 amide bonds. The van der Waals surface area contributed by atoms with Crippen molar-refractivity contribution in [2.45, 2.75) is 57.9 Å². The minimum absolute atomic E-state index is 0.0510. The van der Waals surface area contributed by atoms with E-state index >= 15 is 0 Å². The predicted molar refractivity (Wildman–Crippen MR) is 114 cm³/mol. The van der Waals surface area contributed by atoms with E-state index in [0.717, 1.165) is 42.7 Å². The molecule has 2 aromatic carbocycles. The van der Waals surface area contributed by atoms with Crippen LogP contribution in [0.3, 0.4) is 0 Å². The molecule has 3 rings (SSSR count). The Kier molecular flexibility index (Phi) is 8.29. The van der Waals surface area contributed by atoms with E-state index < -0.39 is 23.8 Å². The molecule has 1 fully saturated rings. The average Bonchev–Trinajstić information content (AvgIpc) is 2.78. The SMILES string of the molecule is CCCCCC1CCC(c2ccc(/C(F)=C(\F)c3ccc(OC(F)(F)F)cc3)cc2)OC1. The number of rotatable bonds is 8. The van der Waals surface area contributed by atoms with Crippen molar-refractivity contribution in [3.63, 3.8) is 0 Å². The molecule has 0 aromatic heterocycles. The zero-order valence-electron chi connectivity index (χ0n) is 17.9. The van der Waals surface area contributed by atoms with Crippen LogP contribution < -0.4 is 4.74 Å². The fourth-order valence-corrected chi connectivity index (χ4v) is 3.88. The Hall–Kier alpha value is -2.41. The largest absolute Gasteiger partial charge is 0.573 e. The van der Waals surface area contributed by atoms with Crippen LogP contribution in [0.15, 0.2) is 48.5 Å². The number of hydrogen-bond acceptors (Lipinski definition) is 2. The van der Waals surface area contributed by atoms with Gasteiger partial charge in [0.1, 0.15) is 5.75 Å². The van der Waals surface area contributed by atoms with E-state index in [1.807, 2.05) is 0 Å². The van der Waals surface area contributed by atoms with E-state index in [4.69, 9.17) is 4.74 Å². The zero-order chi connectivity index (χ0) is 23.1. The molecule has 0 saturated carbocycles. The van der Waals surface area contributed by atoms with Crippen LogP contribution in [0, 0.1) is 5.92 Å². The Labute approximate surface area is 185 Å². The summed E-state index contributed by atoms with van der Waals surface area (Å²) in [6, 6.07) is 10.4. The van der Waals surface area contributed by atoms with Gasteiger partial charge in [-0.1, -0.05) is 50.5 Å². The van der Waals surface area contributed by atoms with E-state index in [0.29, 0.717) is 12.5 Å². The topological polar surface area (TPSA) is 18.5 Å². The Morgan fingerprint density at radius 3 is 2.00 bits per heavy atom. The minimum Gasteiger partial charge on any atom is -0.406 e. The van der Waals surface area contributed by atoms with Gasteiger partial charge in [-0.25, -0.2) is 8.78 Å². The van der Waals surface area contributed by atoms with Gasteiger partial charge in [0.05, 0.1) is 12.7 Å². The van der Waals surface area contributed by atoms with E-state index in [-0.39, 0.29) is 17.2 Å². The summed E-state index contributed by atoms with van der Waals surface area (Å²) in [5.41, 5.74) is 0.795. The molecule has 0 spiro atoms. The lowest BCUT2D eigenvalue weighted by molar-refractivity contribution is -0.274. The highest BCUT2D eigenvalue weighted by molar-refractivity contribution is 5.83. The van der Waals surface area contributed by atoms with E-state index in [2.05, 4.69) is 11.7 Å². The molecule has 174 valence electrons. The molecule has 0 N–H and O–H groups in total. The highest BCUT2D eigenvalue weighted by Crippen LogP contribution is 2.35. The lowest BCUT2D eigenvalue weighted by atomic mass is 9.90. The second-order valence-electron chi connectivity index (χ2n) is 8.08. The molecule has 0 aliphatic carbocycles. The highest BCUT2D eigenvalue weighted by Gasteiger charge is 2.31. The van der Waals surface area contributed by atoms with Gasteiger partial charge in [-0.05, 0) is 55.0 Å². The van der Waals surface area contributed by atoms with Crippen molar-refractivity contribution in [3.05, 3.63) is 65.2 Å². The third-order valence-corrected chi connectivity index (χ3v) is 5.66. The summed E-state index contributed by atoms with van der Waals surface area (Å²) in [6.07, 6.45) is 1.93. The molecule has 7 heteroatoms. The Bertz CT molecular complexity index is 880. The molecule has 2 atom stereocenters. The summed E-state index contributed by atoms with van der Waals surface area (Å²) in [5.74, 6) is -2.15. The summed E-state index contributed by atoms with van der Waals surface area (Å²) in [4.78, 5) is 0. The van der Waals surface area contributed by atoms with Gasteiger partial charge in [0.25, 0.3) is 0 Å². The van der Waals surface area contributed by atoms with Crippen molar-refractivity contribution in [1.29, 1.82) is 0 Å². The van der Waals surface area contributed by atoms with Crippen molar-refractivity contribution >= 4 is 11.7 Å². The van der Waals surface area contributed by atoms with E-state index in [1.54, 1.807) is 12.1 Å². The number of ether oxygens (including phenoxy) is 2. The third-order valence-electron chi connectivity index (χ3n) is 5.66. The maximum atomic E-state index is 14.6. The molecule has 1 aliphatic rings. The van der Waals surface area contributed by atoms with Crippen LogP contribution in [0.4, 0.5) is 22.0 Å². The van der Waals surface area contributed by atoms with Crippen molar-refractivity contribution in [3.8, 4) is 5.75 Å². The summed E-state index contributed by atoms with van der Waals surface area (Å²) < 4.78 is 75.6. The van der Waals surface area contributed by atoms with Crippen LogP contribution in [-0.4, -0.2) is 13.0 Å². The first kappa shape index (κ1) is 24.2. The van der Waals surface area contributed by atoms with Crippen LogP contribution in [0.2, 0.25) is 0 Å². The van der Waals surface area contributed by atoms with Gasteiger partial charge in [0.15, 0.2) is 11.7 Å². The lowest BCUT2D eigenvalue weighted by Crippen LogP contribution is -2.20. The molecule has 0 bridgehead atoms. The smallest absolute Gasteiger partial charge is 0.406 e. The Morgan fingerprint density at radius 2 is 1.50 bits per heavy atom. The molecule has 1 aliphatic heterocycles. The first-order valence-corrected chi connectivity index (χ1v) is 10.9. The van der Waals surface area contributed by atoms with Crippen LogP contribution in [0.25, 0.3) is 11.7 Å². The van der Waals surface area contributed by atoms with Crippen molar-refractivity contribution < 1.29 is 31.4 Å². The van der Waals surface area contributed by atoms with Crippen molar-refractivity contribution in [1.82, 2.24) is 0 Å². The number of benzene rings is 2. The average molecular weight is 454 g/mol. The molecule has 32 heavy (non-hydrogen) atoms. The molecular formula is C25H27F5O2. The molecule has 1 heterocycles. The Morgan fingerprint density at radius 1 is 0.906 bits per heavy atom. The van der Waals surface area contributed by atoms with Crippen LogP contribution in [0.1, 0.15) is 68.2 Å². The number of halogens is 5. The maximum absolute atomic E-state index is 14.6. The monoisotopic (exact) mass is 454 g/mol. The highest BCUT2D eigenvalue weighted by atomic mass is 19.4. The summed E-state index contributed by atoms with van der Waals surface area (Å²) in [5, 5.41) is 0. The first-order valence-electron chi connectivity index (χ1n) is 10.9. The van der Waals surface area contributed by atoms with Crippen molar-refractivity contribution in [2.24, 2.45) is 5.92 Å². The second kappa shape index (κ2) is 10.9. The molecule has 0 radical (unpaired) electrons. The molecule has 2 aromatic rings. The van der Waals surface area contributed by atoms with Gasteiger partial charge in [-0.2, -0.15) is 0 Å². The zero-order valence-corrected chi connectivity index (χ0v) is 17.9. The molecular weight excluding hydrogens is 427 g/mol. The fourth-order valence-electron chi connectivity index (χ4n) is 3.88. The third kappa shape index (κ3) is 6.79. The van der Waals surface area contributed by atoms with Crippen LogP contribution in [0.5, 0.6) is 5.75 Å². The summed E-state index contributed by atoms with van der Waals surface area (Å²) >= 11 is 0. The standard InChI is InChI=1S/C25H27F5O2/c1-2-3-4-5-17-6-15-22(31-16-17)18-7-9-19(10-8-18)23(26)24(27)20-11-13-21(14-12-20)32-25(28,29)30/h7-14,17,22H,2-6,15-16H2,1H3/b24-23+. The van der Waals surface area contributed by atoms with Gasteiger partial charge in [0, 0.05) is 11.1 Å². The lowest BCUT2D eigenvalue weighted by Gasteiger charge is -2.29. The van der Waals surface area contributed by atoms with Gasteiger partial charge < -0.3 is 9.47 Å².